The van der Waals surface area contributed by atoms with E-state index in [4.69, 9.17) is 9.97 Å². The molecule has 0 amide bonds. The van der Waals surface area contributed by atoms with Gasteiger partial charge in [0.1, 0.15) is 0 Å². The molecule has 160 valence electrons. The van der Waals surface area contributed by atoms with Crippen molar-refractivity contribution in [1.82, 2.24) is 29.3 Å². The maximum atomic E-state index is 4.91. The third-order valence-electron chi connectivity index (χ3n) is 5.86. The molecular weight excluding hydrogens is 388 g/mol. The number of hydrogen-bond acceptors (Lipinski definition) is 6. The van der Waals surface area contributed by atoms with E-state index < -0.39 is 0 Å². The first-order valence-electron chi connectivity index (χ1n) is 10.9. The van der Waals surface area contributed by atoms with Crippen molar-refractivity contribution in [2.24, 2.45) is 5.92 Å². The van der Waals surface area contributed by atoms with Crippen molar-refractivity contribution in [3.05, 3.63) is 54.6 Å². The average Bonchev–Trinajstić information content (AvgIpc) is 3.52. The number of fused-ring (bicyclic) bond motifs is 1. The zero-order chi connectivity index (χ0) is 21.4. The molecule has 1 N–H and O–H groups in total. The number of nitrogens with zero attached hydrogens (tertiary/aromatic N) is 7. The lowest BCUT2D eigenvalue weighted by molar-refractivity contribution is 0.612. The molecule has 0 radical (unpaired) electrons. The van der Waals surface area contributed by atoms with Crippen LogP contribution in [0.5, 0.6) is 0 Å². The Morgan fingerprint density at radius 1 is 1.16 bits per heavy atom. The lowest BCUT2D eigenvalue weighted by Crippen LogP contribution is -2.22. The molecule has 0 spiro atoms. The first-order chi connectivity index (χ1) is 15.1. The lowest BCUT2D eigenvalue weighted by atomic mass is 10.2. The summed E-state index contributed by atoms with van der Waals surface area (Å²) in [6, 6.07) is 10.5. The molecule has 1 aliphatic heterocycles. The monoisotopic (exact) mass is 416 g/mol. The van der Waals surface area contributed by atoms with Crippen LogP contribution in [0.15, 0.2) is 49.1 Å². The largest absolute Gasteiger partial charge is 0.364 e. The molecule has 4 heterocycles. The van der Waals surface area contributed by atoms with Crippen LogP contribution in [0, 0.1) is 5.92 Å². The molecule has 1 fully saturated rings. The van der Waals surface area contributed by atoms with Crippen LogP contribution in [0.4, 0.5) is 11.8 Å². The van der Waals surface area contributed by atoms with Gasteiger partial charge in [0.25, 0.3) is 0 Å². The fraction of sp³-hybridized carbons (Fsp3) is 0.391. The van der Waals surface area contributed by atoms with Gasteiger partial charge in [0.15, 0.2) is 17.0 Å². The first-order valence-corrected chi connectivity index (χ1v) is 10.9. The van der Waals surface area contributed by atoms with Crippen molar-refractivity contribution >= 4 is 22.9 Å². The molecule has 1 aromatic carbocycles. The number of para-hydroxylation sites is 1. The topological polar surface area (TPSA) is 76.7 Å². The van der Waals surface area contributed by atoms with E-state index in [0.717, 1.165) is 47.3 Å². The Morgan fingerprint density at radius 3 is 2.77 bits per heavy atom. The van der Waals surface area contributed by atoms with Gasteiger partial charge in [-0.05, 0) is 43.9 Å². The van der Waals surface area contributed by atoms with Gasteiger partial charge in [-0.15, -0.1) is 0 Å². The van der Waals surface area contributed by atoms with E-state index in [2.05, 4.69) is 57.8 Å². The molecule has 1 unspecified atom stereocenters. The normalized spacial score (nSPS) is 16.5. The third kappa shape index (κ3) is 3.73. The fourth-order valence-corrected chi connectivity index (χ4v) is 4.14. The van der Waals surface area contributed by atoms with Crippen LogP contribution in [0.2, 0.25) is 0 Å². The number of anilines is 2. The summed E-state index contributed by atoms with van der Waals surface area (Å²) < 4.78 is 4.00. The standard InChI is InChI=1S/C23H28N8/c1-16(2)30-15-25-20-21(27-23(28-22(20)30)29-12-9-17(3)14-29)24-13-18-7-4-5-8-19(18)31-11-6-10-26-31/h4-8,10-11,15-17H,9,12-14H2,1-3H3,(H,24,27,28). The van der Waals surface area contributed by atoms with Gasteiger partial charge in [0.05, 0.1) is 12.0 Å². The number of hydrogen-bond donors (Lipinski definition) is 1. The van der Waals surface area contributed by atoms with Crippen LogP contribution in [-0.2, 0) is 6.54 Å². The molecule has 0 aliphatic carbocycles. The first kappa shape index (κ1) is 19.5. The van der Waals surface area contributed by atoms with Crippen molar-refractivity contribution in [3.63, 3.8) is 0 Å². The van der Waals surface area contributed by atoms with Crippen LogP contribution in [-0.4, -0.2) is 42.4 Å². The van der Waals surface area contributed by atoms with Crippen molar-refractivity contribution in [3.8, 4) is 5.69 Å². The minimum Gasteiger partial charge on any atom is -0.364 e. The summed E-state index contributed by atoms with van der Waals surface area (Å²) in [4.78, 5) is 16.7. The highest BCUT2D eigenvalue weighted by molar-refractivity contribution is 5.84. The molecule has 1 saturated heterocycles. The number of benzene rings is 1. The Labute approximate surface area is 182 Å². The predicted octanol–water partition coefficient (Wildman–Crippen LogP) is 4.05. The van der Waals surface area contributed by atoms with Crippen molar-refractivity contribution < 1.29 is 0 Å². The molecule has 8 heteroatoms. The van der Waals surface area contributed by atoms with Gasteiger partial charge in [0.2, 0.25) is 5.95 Å². The molecule has 1 aliphatic rings. The van der Waals surface area contributed by atoms with E-state index in [1.54, 1.807) is 6.20 Å². The smallest absolute Gasteiger partial charge is 0.229 e. The Hall–Kier alpha value is -3.42. The van der Waals surface area contributed by atoms with Crippen LogP contribution >= 0.6 is 0 Å². The van der Waals surface area contributed by atoms with Gasteiger partial charge in [-0.1, -0.05) is 25.1 Å². The molecule has 8 nitrogen and oxygen atoms in total. The predicted molar refractivity (Wildman–Crippen MR) is 123 cm³/mol. The molecule has 0 saturated carbocycles. The maximum Gasteiger partial charge on any atom is 0.229 e. The van der Waals surface area contributed by atoms with E-state index in [-0.39, 0.29) is 6.04 Å². The van der Waals surface area contributed by atoms with Gasteiger partial charge in [-0.3, -0.25) is 0 Å². The highest BCUT2D eigenvalue weighted by atomic mass is 15.3. The number of aromatic nitrogens is 6. The second-order valence-corrected chi connectivity index (χ2v) is 8.56. The van der Waals surface area contributed by atoms with Gasteiger partial charge in [-0.2, -0.15) is 15.1 Å². The maximum absolute atomic E-state index is 4.91. The summed E-state index contributed by atoms with van der Waals surface area (Å²) in [5.74, 6) is 2.21. The van der Waals surface area contributed by atoms with Gasteiger partial charge >= 0.3 is 0 Å². The Kier molecular flexibility index (Phi) is 5.05. The lowest BCUT2D eigenvalue weighted by Gasteiger charge is -2.18. The molecule has 0 bridgehead atoms. The van der Waals surface area contributed by atoms with Crippen LogP contribution in [0.3, 0.4) is 0 Å². The molecular formula is C23H28N8. The average molecular weight is 417 g/mol. The van der Waals surface area contributed by atoms with Crippen molar-refractivity contribution in [2.45, 2.75) is 39.8 Å². The second-order valence-electron chi connectivity index (χ2n) is 8.56. The summed E-state index contributed by atoms with van der Waals surface area (Å²) in [5.41, 5.74) is 3.87. The second kappa shape index (κ2) is 8.02. The van der Waals surface area contributed by atoms with E-state index in [0.29, 0.717) is 12.5 Å². The molecule has 3 aromatic heterocycles. The van der Waals surface area contributed by atoms with Crippen molar-refractivity contribution in [2.75, 3.05) is 23.3 Å². The fourth-order valence-electron chi connectivity index (χ4n) is 4.14. The molecule has 1 atom stereocenters. The van der Waals surface area contributed by atoms with E-state index in [1.165, 1.54) is 6.42 Å². The Morgan fingerprint density at radius 2 is 2.03 bits per heavy atom. The zero-order valence-corrected chi connectivity index (χ0v) is 18.2. The summed E-state index contributed by atoms with van der Waals surface area (Å²) in [6.45, 7) is 9.17. The molecule has 31 heavy (non-hydrogen) atoms. The Bertz CT molecular complexity index is 1180. The minimum atomic E-state index is 0.277. The van der Waals surface area contributed by atoms with Crippen LogP contribution in [0.1, 0.15) is 38.8 Å². The zero-order valence-electron chi connectivity index (χ0n) is 18.2. The van der Waals surface area contributed by atoms with Crippen molar-refractivity contribution in [1.29, 1.82) is 0 Å². The molecule has 4 aromatic rings. The summed E-state index contributed by atoms with van der Waals surface area (Å²) in [7, 11) is 0. The van der Waals surface area contributed by atoms with E-state index >= 15 is 0 Å². The summed E-state index contributed by atoms with van der Waals surface area (Å²) in [6.07, 6.45) is 6.78. The SMILES string of the molecule is CC1CCN(c2nc(NCc3ccccc3-n3cccn3)c3ncn(C(C)C)c3n2)C1. The number of rotatable bonds is 6. The quantitative estimate of drug-likeness (QED) is 0.511. The molecule has 5 rings (SSSR count). The summed E-state index contributed by atoms with van der Waals surface area (Å²) in [5, 5.41) is 7.93. The third-order valence-corrected chi connectivity index (χ3v) is 5.86. The number of nitrogens with one attached hydrogen (secondary N) is 1. The van der Waals surface area contributed by atoms with Crippen LogP contribution in [0.25, 0.3) is 16.9 Å². The van der Waals surface area contributed by atoms with Gasteiger partial charge in [0, 0.05) is 38.1 Å². The highest BCUT2D eigenvalue weighted by Gasteiger charge is 2.24. The number of imidazole rings is 1. The van der Waals surface area contributed by atoms with Gasteiger partial charge < -0.3 is 14.8 Å². The Balaban J connectivity index is 1.51. The van der Waals surface area contributed by atoms with E-state index in [9.17, 15) is 0 Å². The van der Waals surface area contributed by atoms with Crippen LogP contribution < -0.4 is 10.2 Å². The minimum absolute atomic E-state index is 0.277. The highest BCUT2D eigenvalue weighted by Crippen LogP contribution is 2.28. The van der Waals surface area contributed by atoms with Gasteiger partial charge in [-0.25, -0.2) is 9.67 Å². The van der Waals surface area contributed by atoms with E-state index in [1.807, 2.05) is 35.4 Å². The summed E-state index contributed by atoms with van der Waals surface area (Å²) >= 11 is 0.